The quantitative estimate of drug-likeness (QED) is 0.670. The van der Waals surface area contributed by atoms with Crippen molar-refractivity contribution in [1.82, 2.24) is 5.32 Å². The van der Waals surface area contributed by atoms with E-state index in [1.165, 1.54) is 14.0 Å². The lowest BCUT2D eigenvalue weighted by atomic mass is 10.0. The molecule has 0 saturated carbocycles. The van der Waals surface area contributed by atoms with Gasteiger partial charge in [0.2, 0.25) is 0 Å². The van der Waals surface area contributed by atoms with Crippen LogP contribution in [0.5, 0.6) is 0 Å². The summed E-state index contributed by atoms with van der Waals surface area (Å²) in [5.41, 5.74) is -1.46. The van der Waals surface area contributed by atoms with E-state index in [1.54, 1.807) is 0 Å². The summed E-state index contributed by atoms with van der Waals surface area (Å²) in [6.45, 7) is 4.40. The predicted molar refractivity (Wildman–Crippen MR) is 59.1 cm³/mol. The highest BCUT2D eigenvalue weighted by atomic mass is 16.5. The molecule has 94 valence electrons. The first-order valence-corrected chi connectivity index (χ1v) is 5.61. The van der Waals surface area contributed by atoms with Gasteiger partial charge in [-0.25, -0.2) is 4.79 Å². The predicted octanol–water partition coefficient (Wildman–Crippen LogP) is 0.0675. The number of hydrogen-bond donors (Lipinski definition) is 2. The van der Waals surface area contributed by atoms with Gasteiger partial charge in [0.1, 0.15) is 0 Å². The summed E-state index contributed by atoms with van der Waals surface area (Å²) in [4.78, 5) is 11.2. The van der Waals surface area contributed by atoms with Gasteiger partial charge >= 0.3 is 5.97 Å². The van der Waals surface area contributed by atoms with Gasteiger partial charge < -0.3 is 19.9 Å². The molecular formula is C11H21NO4. The maximum atomic E-state index is 11.2. The largest absolute Gasteiger partial charge is 0.467 e. The molecule has 0 aliphatic carbocycles. The van der Waals surface area contributed by atoms with E-state index in [0.29, 0.717) is 6.04 Å². The van der Waals surface area contributed by atoms with E-state index in [9.17, 15) is 9.90 Å². The minimum atomic E-state index is -1.46. The minimum absolute atomic E-state index is 0.205. The molecule has 0 aromatic rings. The molecule has 1 fully saturated rings. The van der Waals surface area contributed by atoms with Crippen molar-refractivity contribution < 1.29 is 19.4 Å². The van der Waals surface area contributed by atoms with Crippen LogP contribution >= 0.6 is 0 Å². The maximum Gasteiger partial charge on any atom is 0.338 e. The normalized spacial score (nSPS) is 29.5. The molecular weight excluding hydrogens is 210 g/mol. The van der Waals surface area contributed by atoms with Crippen molar-refractivity contribution >= 4 is 5.97 Å². The van der Waals surface area contributed by atoms with E-state index < -0.39 is 11.6 Å². The highest BCUT2D eigenvalue weighted by Gasteiger charge is 2.32. The van der Waals surface area contributed by atoms with Gasteiger partial charge in [0.25, 0.3) is 0 Å². The molecule has 0 radical (unpaired) electrons. The fourth-order valence-electron chi connectivity index (χ4n) is 1.82. The van der Waals surface area contributed by atoms with Gasteiger partial charge in [-0.1, -0.05) is 0 Å². The van der Waals surface area contributed by atoms with Crippen molar-refractivity contribution in [2.75, 3.05) is 20.3 Å². The van der Waals surface area contributed by atoms with Gasteiger partial charge in [-0.05, 0) is 26.7 Å². The lowest BCUT2D eigenvalue weighted by Crippen LogP contribution is -2.50. The van der Waals surface area contributed by atoms with Crippen LogP contribution in [0.25, 0.3) is 0 Å². The van der Waals surface area contributed by atoms with Gasteiger partial charge in [0.15, 0.2) is 5.60 Å². The number of nitrogens with one attached hydrogen (secondary N) is 1. The van der Waals surface area contributed by atoms with Crippen molar-refractivity contribution in [2.45, 2.75) is 44.4 Å². The van der Waals surface area contributed by atoms with Crippen LogP contribution < -0.4 is 5.32 Å². The summed E-state index contributed by atoms with van der Waals surface area (Å²) >= 11 is 0. The van der Waals surface area contributed by atoms with Crippen molar-refractivity contribution in [3.8, 4) is 0 Å². The van der Waals surface area contributed by atoms with Crippen LogP contribution in [0.4, 0.5) is 0 Å². The number of hydrogen-bond acceptors (Lipinski definition) is 5. The SMILES string of the molecule is COC(=O)C(C)(O)CNC1CCOC(C)C1. The molecule has 3 unspecified atom stereocenters. The van der Waals surface area contributed by atoms with Crippen LogP contribution in [0.1, 0.15) is 26.7 Å². The number of carbonyl (C=O) groups is 1. The summed E-state index contributed by atoms with van der Waals surface area (Å²) in [5, 5.41) is 13.0. The fraction of sp³-hybridized carbons (Fsp3) is 0.909. The third-order valence-electron chi connectivity index (χ3n) is 2.85. The Bertz CT molecular complexity index is 242. The summed E-state index contributed by atoms with van der Waals surface area (Å²) in [6, 6.07) is 0.292. The summed E-state index contributed by atoms with van der Waals surface area (Å²) in [7, 11) is 1.27. The average molecular weight is 231 g/mol. The zero-order valence-corrected chi connectivity index (χ0v) is 10.2. The topological polar surface area (TPSA) is 67.8 Å². The first kappa shape index (κ1) is 13.4. The third kappa shape index (κ3) is 3.73. The second kappa shape index (κ2) is 5.61. The average Bonchev–Trinajstić information content (AvgIpc) is 2.25. The van der Waals surface area contributed by atoms with Gasteiger partial charge in [0, 0.05) is 19.2 Å². The van der Waals surface area contributed by atoms with E-state index in [4.69, 9.17) is 4.74 Å². The Morgan fingerprint density at radius 3 is 2.94 bits per heavy atom. The van der Waals surface area contributed by atoms with Crippen LogP contribution in [-0.2, 0) is 14.3 Å². The molecule has 0 bridgehead atoms. The molecule has 1 saturated heterocycles. The highest BCUT2D eigenvalue weighted by molar-refractivity contribution is 5.78. The molecule has 0 amide bonds. The molecule has 0 spiro atoms. The first-order valence-electron chi connectivity index (χ1n) is 5.61. The van der Waals surface area contributed by atoms with Crippen LogP contribution in [0.3, 0.4) is 0 Å². The number of ether oxygens (including phenoxy) is 2. The van der Waals surface area contributed by atoms with Crippen molar-refractivity contribution in [1.29, 1.82) is 0 Å². The lowest BCUT2D eigenvalue weighted by molar-refractivity contribution is -0.160. The zero-order chi connectivity index (χ0) is 12.2. The van der Waals surface area contributed by atoms with Crippen molar-refractivity contribution in [2.24, 2.45) is 0 Å². The molecule has 5 heteroatoms. The standard InChI is InChI=1S/C11H21NO4/c1-8-6-9(4-5-16-8)12-7-11(2,14)10(13)15-3/h8-9,12,14H,4-7H2,1-3H3. The highest BCUT2D eigenvalue weighted by Crippen LogP contribution is 2.14. The minimum Gasteiger partial charge on any atom is -0.467 e. The molecule has 1 aliphatic rings. The Kier molecular flexibility index (Phi) is 4.70. The zero-order valence-electron chi connectivity index (χ0n) is 10.2. The first-order chi connectivity index (χ1) is 7.45. The maximum absolute atomic E-state index is 11.2. The van der Waals surface area contributed by atoms with E-state index in [2.05, 4.69) is 10.1 Å². The number of carbonyl (C=O) groups excluding carboxylic acids is 1. The Labute approximate surface area is 96.1 Å². The number of aliphatic hydroxyl groups is 1. The Morgan fingerprint density at radius 1 is 1.69 bits per heavy atom. The lowest BCUT2D eigenvalue weighted by Gasteiger charge is -2.30. The molecule has 1 heterocycles. The summed E-state index contributed by atoms with van der Waals surface area (Å²) in [6.07, 6.45) is 2.04. The van der Waals surface area contributed by atoms with Gasteiger partial charge in [-0.3, -0.25) is 0 Å². The van der Waals surface area contributed by atoms with Crippen molar-refractivity contribution in [3.63, 3.8) is 0 Å². The smallest absolute Gasteiger partial charge is 0.338 e. The number of esters is 1. The van der Waals surface area contributed by atoms with Crippen molar-refractivity contribution in [3.05, 3.63) is 0 Å². The molecule has 16 heavy (non-hydrogen) atoms. The van der Waals surface area contributed by atoms with Crippen LogP contribution in [0.15, 0.2) is 0 Å². The molecule has 3 atom stereocenters. The second-order valence-electron chi connectivity index (χ2n) is 4.55. The second-order valence-corrected chi connectivity index (χ2v) is 4.55. The monoisotopic (exact) mass is 231 g/mol. The van der Waals surface area contributed by atoms with Gasteiger partial charge in [0.05, 0.1) is 13.2 Å². The van der Waals surface area contributed by atoms with E-state index in [-0.39, 0.29) is 12.6 Å². The Balaban J connectivity index is 2.35. The van der Waals surface area contributed by atoms with Crippen LogP contribution in [-0.4, -0.2) is 49.1 Å². The third-order valence-corrected chi connectivity index (χ3v) is 2.85. The molecule has 0 aromatic carbocycles. The molecule has 1 aliphatic heterocycles. The van der Waals surface area contributed by atoms with Crippen LogP contribution in [0, 0.1) is 0 Å². The Hall–Kier alpha value is -0.650. The molecule has 1 rings (SSSR count). The van der Waals surface area contributed by atoms with Gasteiger partial charge in [-0.15, -0.1) is 0 Å². The van der Waals surface area contributed by atoms with E-state index >= 15 is 0 Å². The fourth-order valence-corrected chi connectivity index (χ4v) is 1.82. The number of rotatable bonds is 4. The van der Waals surface area contributed by atoms with E-state index in [0.717, 1.165) is 19.4 Å². The molecule has 5 nitrogen and oxygen atoms in total. The molecule has 0 aromatic heterocycles. The Morgan fingerprint density at radius 2 is 2.38 bits per heavy atom. The van der Waals surface area contributed by atoms with Gasteiger partial charge in [-0.2, -0.15) is 0 Å². The summed E-state index contributed by atoms with van der Waals surface area (Å²) in [5.74, 6) is -0.611. The summed E-state index contributed by atoms with van der Waals surface area (Å²) < 4.78 is 9.94. The molecule has 2 N–H and O–H groups in total. The number of methoxy groups -OCH3 is 1. The van der Waals surface area contributed by atoms with Crippen LogP contribution in [0.2, 0.25) is 0 Å². The van der Waals surface area contributed by atoms with E-state index in [1.807, 2.05) is 6.92 Å².